The number of rotatable bonds is 4. The number of sulfonamides is 1. The molecule has 24 heavy (non-hydrogen) atoms. The molecule has 0 saturated heterocycles. The van der Waals surface area contributed by atoms with Crippen molar-refractivity contribution in [3.05, 3.63) is 53.1 Å². The Morgan fingerprint density at radius 1 is 0.958 bits per heavy atom. The smallest absolute Gasteiger partial charge is 0.241 e. The third kappa shape index (κ3) is 2.85. The Labute approximate surface area is 145 Å². The summed E-state index contributed by atoms with van der Waals surface area (Å²) in [6.07, 6.45) is 1.50. The van der Waals surface area contributed by atoms with Crippen molar-refractivity contribution in [1.29, 1.82) is 0 Å². The van der Waals surface area contributed by atoms with Crippen molar-refractivity contribution >= 4 is 21.6 Å². The summed E-state index contributed by atoms with van der Waals surface area (Å²) in [6, 6.07) is 11.7. The molecule has 1 aliphatic carbocycles. The second-order valence-electron chi connectivity index (χ2n) is 6.00. The summed E-state index contributed by atoms with van der Waals surface area (Å²) in [6.45, 7) is 1.03. The maximum atomic E-state index is 12.7. The topological polar surface area (TPSA) is 64.6 Å². The van der Waals surface area contributed by atoms with Gasteiger partial charge in [0.25, 0.3) is 0 Å². The van der Waals surface area contributed by atoms with Crippen LogP contribution in [0.15, 0.2) is 47.4 Å². The Morgan fingerprint density at radius 3 is 2.29 bits per heavy atom. The minimum absolute atomic E-state index is 0.204. The van der Waals surface area contributed by atoms with Gasteiger partial charge >= 0.3 is 0 Å². The van der Waals surface area contributed by atoms with E-state index in [0.29, 0.717) is 29.7 Å². The van der Waals surface area contributed by atoms with Crippen LogP contribution in [0.2, 0.25) is 5.02 Å². The van der Waals surface area contributed by atoms with Crippen molar-refractivity contribution in [3.63, 3.8) is 0 Å². The van der Waals surface area contributed by atoms with Gasteiger partial charge in [-0.15, -0.1) is 0 Å². The van der Waals surface area contributed by atoms with E-state index in [1.807, 2.05) is 18.2 Å². The molecule has 0 spiro atoms. The molecule has 4 rings (SSSR count). The molecule has 2 aliphatic rings. The summed E-state index contributed by atoms with van der Waals surface area (Å²) in [7, 11) is -3.62. The largest absolute Gasteiger partial charge is 0.486 e. The second-order valence-corrected chi connectivity index (χ2v) is 8.12. The van der Waals surface area contributed by atoms with Gasteiger partial charge in [-0.3, -0.25) is 0 Å². The molecule has 0 aromatic heterocycles. The Kier molecular flexibility index (Phi) is 3.71. The normalized spacial score (nSPS) is 18.2. The van der Waals surface area contributed by atoms with Gasteiger partial charge in [-0.05, 0) is 54.8 Å². The molecule has 0 amide bonds. The summed E-state index contributed by atoms with van der Waals surface area (Å²) in [5.74, 6) is 1.36. The molecule has 2 aromatic carbocycles. The summed E-state index contributed by atoms with van der Waals surface area (Å²) < 4.78 is 39.3. The maximum Gasteiger partial charge on any atom is 0.241 e. The highest BCUT2D eigenvalue weighted by Gasteiger charge is 2.48. The molecule has 1 N–H and O–H groups in total. The van der Waals surface area contributed by atoms with E-state index >= 15 is 0 Å². The van der Waals surface area contributed by atoms with Gasteiger partial charge in [0.2, 0.25) is 10.0 Å². The minimum Gasteiger partial charge on any atom is -0.486 e. The maximum absolute atomic E-state index is 12.7. The number of hydrogen-bond acceptors (Lipinski definition) is 4. The first-order valence-corrected chi connectivity index (χ1v) is 9.54. The molecule has 0 atom stereocenters. The van der Waals surface area contributed by atoms with E-state index in [1.54, 1.807) is 12.1 Å². The standard InChI is InChI=1S/C17H16ClNO4S/c18-13-2-4-14(5-3-13)24(20,21)19-17(7-8-17)12-1-6-15-16(11-12)23-10-9-22-15/h1-6,11,19H,7-10H2. The first kappa shape index (κ1) is 15.7. The highest BCUT2D eigenvalue weighted by atomic mass is 35.5. The lowest BCUT2D eigenvalue weighted by molar-refractivity contribution is 0.171. The molecule has 0 bridgehead atoms. The summed E-state index contributed by atoms with van der Waals surface area (Å²) in [5.41, 5.74) is 0.318. The highest BCUT2D eigenvalue weighted by Crippen LogP contribution is 2.48. The lowest BCUT2D eigenvalue weighted by atomic mass is 10.1. The van der Waals surface area contributed by atoms with E-state index < -0.39 is 15.6 Å². The SMILES string of the molecule is O=S(=O)(NC1(c2ccc3c(c2)OCCO3)CC1)c1ccc(Cl)cc1. The van der Waals surface area contributed by atoms with Gasteiger partial charge in [0.1, 0.15) is 13.2 Å². The van der Waals surface area contributed by atoms with Crippen molar-refractivity contribution in [2.75, 3.05) is 13.2 Å². The van der Waals surface area contributed by atoms with Crippen LogP contribution in [-0.4, -0.2) is 21.6 Å². The van der Waals surface area contributed by atoms with Crippen LogP contribution in [0.3, 0.4) is 0 Å². The monoisotopic (exact) mass is 365 g/mol. The zero-order valence-electron chi connectivity index (χ0n) is 12.8. The van der Waals surface area contributed by atoms with E-state index in [-0.39, 0.29) is 4.90 Å². The first-order chi connectivity index (χ1) is 11.5. The van der Waals surface area contributed by atoms with E-state index in [9.17, 15) is 8.42 Å². The molecule has 1 aliphatic heterocycles. The van der Waals surface area contributed by atoms with Crippen LogP contribution in [0.4, 0.5) is 0 Å². The van der Waals surface area contributed by atoms with Crippen LogP contribution in [0.25, 0.3) is 0 Å². The van der Waals surface area contributed by atoms with Gasteiger partial charge in [0, 0.05) is 5.02 Å². The minimum atomic E-state index is -3.62. The Balaban J connectivity index is 1.63. The van der Waals surface area contributed by atoms with Crippen molar-refractivity contribution in [3.8, 4) is 11.5 Å². The van der Waals surface area contributed by atoms with E-state index in [4.69, 9.17) is 21.1 Å². The molecule has 1 saturated carbocycles. The van der Waals surface area contributed by atoms with Gasteiger partial charge in [0.15, 0.2) is 11.5 Å². The summed E-state index contributed by atoms with van der Waals surface area (Å²) in [5, 5.41) is 0.502. The van der Waals surface area contributed by atoms with E-state index in [2.05, 4.69) is 4.72 Å². The van der Waals surface area contributed by atoms with Crippen LogP contribution in [-0.2, 0) is 15.6 Å². The number of hydrogen-bond donors (Lipinski definition) is 1. The number of ether oxygens (including phenoxy) is 2. The summed E-state index contributed by atoms with van der Waals surface area (Å²) in [4.78, 5) is 0.204. The number of benzene rings is 2. The highest BCUT2D eigenvalue weighted by molar-refractivity contribution is 7.89. The fourth-order valence-corrected chi connectivity index (χ4v) is 4.42. The molecule has 7 heteroatoms. The lowest BCUT2D eigenvalue weighted by Crippen LogP contribution is -2.35. The molecule has 0 unspecified atom stereocenters. The van der Waals surface area contributed by atoms with E-state index in [1.165, 1.54) is 12.1 Å². The van der Waals surface area contributed by atoms with Crippen LogP contribution < -0.4 is 14.2 Å². The lowest BCUT2D eigenvalue weighted by Gasteiger charge is -2.22. The van der Waals surface area contributed by atoms with Crippen LogP contribution in [0, 0.1) is 0 Å². The fourth-order valence-electron chi connectivity index (χ4n) is 2.85. The zero-order chi connectivity index (χ0) is 16.8. The van der Waals surface area contributed by atoms with Gasteiger partial charge < -0.3 is 9.47 Å². The second kappa shape index (κ2) is 5.65. The van der Waals surface area contributed by atoms with Crippen molar-refractivity contribution < 1.29 is 17.9 Å². The van der Waals surface area contributed by atoms with Crippen molar-refractivity contribution in [2.24, 2.45) is 0 Å². The predicted molar refractivity (Wildman–Crippen MR) is 90.1 cm³/mol. The van der Waals surface area contributed by atoms with Crippen LogP contribution in [0.1, 0.15) is 18.4 Å². The van der Waals surface area contributed by atoms with Gasteiger partial charge in [-0.2, -0.15) is 0 Å². The molecule has 126 valence electrons. The van der Waals surface area contributed by atoms with Crippen molar-refractivity contribution in [2.45, 2.75) is 23.3 Å². The summed E-state index contributed by atoms with van der Waals surface area (Å²) >= 11 is 5.83. The molecule has 1 fully saturated rings. The first-order valence-electron chi connectivity index (χ1n) is 7.68. The molecule has 5 nitrogen and oxygen atoms in total. The zero-order valence-corrected chi connectivity index (χ0v) is 14.4. The average molecular weight is 366 g/mol. The van der Waals surface area contributed by atoms with E-state index in [0.717, 1.165) is 18.4 Å². The molecular weight excluding hydrogens is 350 g/mol. The number of halogens is 1. The number of fused-ring (bicyclic) bond motifs is 1. The van der Waals surface area contributed by atoms with Crippen LogP contribution >= 0.6 is 11.6 Å². The molecule has 1 heterocycles. The molecule has 2 aromatic rings. The van der Waals surface area contributed by atoms with Gasteiger partial charge in [-0.25, -0.2) is 13.1 Å². The molecule has 0 radical (unpaired) electrons. The number of nitrogens with one attached hydrogen (secondary N) is 1. The van der Waals surface area contributed by atoms with Gasteiger partial charge in [0.05, 0.1) is 10.4 Å². The Bertz CT molecular complexity index is 876. The predicted octanol–water partition coefficient (Wildman–Crippen LogP) is 3.08. The quantitative estimate of drug-likeness (QED) is 0.904. The third-order valence-corrected chi connectivity index (χ3v) is 6.10. The van der Waals surface area contributed by atoms with Crippen LogP contribution in [0.5, 0.6) is 11.5 Å². The fraction of sp³-hybridized carbons (Fsp3) is 0.294. The Morgan fingerprint density at radius 2 is 1.62 bits per heavy atom. The third-order valence-electron chi connectivity index (χ3n) is 4.30. The molecular formula is C17H16ClNO4S. The Hall–Kier alpha value is -1.76. The average Bonchev–Trinajstić information content (AvgIpc) is 3.35. The van der Waals surface area contributed by atoms with Gasteiger partial charge in [-0.1, -0.05) is 17.7 Å². The van der Waals surface area contributed by atoms with Crippen molar-refractivity contribution in [1.82, 2.24) is 4.72 Å².